The number of hydrogen-bond donors (Lipinski definition) is 1. The Morgan fingerprint density at radius 2 is 1.96 bits per heavy atom. The maximum Gasteiger partial charge on any atom is 0.223 e. The van der Waals surface area contributed by atoms with Crippen LogP contribution in [0.15, 0.2) is 18.3 Å². The molecule has 2 aliphatic rings. The van der Waals surface area contributed by atoms with Crippen molar-refractivity contribution in [3.63, 3.8) is 0 Å². The van der Waals surface area contributed by atoms with Crippen LogP contribution in [-0.2, 0) is 4.79 Å². The lowest BCUT2D eigenvalue weighted by Gasteiger charge is -2.32. The Balaban J connectivity index is 1.25. The van der Waals surface area contributed by atoms with Crippen LogP contribution >= 0.6 is 0 Å². The molecule has 7 heteroatoms. The number of anilines is 1. The van der Waals surface area contributed by atoms with Gasteiger partial charge in [-0.15, -0.1) is 10.2 Å². The van der Waals surface area contributed by atoms with E-state index < -0.39 is 0 Å². The van der Waals surface area contributed by atoms with Crippen LogP contribution in [0.4, 0.5) is 5.82 Å². The Morgan fingerprint density at radius 3 is 2.74 bits per heavy atom. The number of nitrogens with one attached hydrogen (secondary N) is 1. The van der Waals surface area contributed by atoms with Gasteiger partial charge in [-0.25, -0.2) is 0 Å². The molecule has 146 valence electrons. The first kappa shape index (κ1) is 18.2. The summed E-state index contributed by atoms with van der Waals surface area (Å²) >= 11 is 0. The van der Waals surface area contributed by atoms with Crippen LogP contribution in [0.5, 0.6) is 0 Å². The molecular weight excluding hydrogens is 340 g/mol. The third-order valence-electron chi connectivity index (χ3n) is 5.93. The van der Waals surface area contributed by atoms with Gasteiger partial charge in [-0.3, -0.25) is 4.79 Å². The summed E-state index contributed by atoms with van der Waals surface area (Å²) in [4.78, 5) is 17.2. The lowest BCUT2D eigenvalue weighted by molar-refractivity contribution is -0.125. The lowest BCUT2D eigenvalue weighted by atomic mass is 9.96. The molecule has 0 aromatic carbocycles. The number of amides is 1. The highest BCUT2D eigenvalue weighted by molar-refractivity contribution is 5.79. The van der Waals surface area contributed by atoms with Crippen molar-refractivity contribution in [2.45, 2.75) is 39.0 Å². The van der Waals surface area contributed by atoms with Gasteiger partial charge in [0.1, 0.15) is 5.82 Å². The van der Waals surface area contributed by atoms with E-state index >= 15 is 0 Å². The van der Waals surface area contributed by atoms with E-state index in [0.29, 0.717) is 0 Å². The number of aryl methyl sites for hydroxylation is 1. The Morgan fingerprint density at radius 1 is 1.19 bits per heavy atom. The monoisotopic (exact) mass is 370 g/mol. The standard InChI is InChI=1S/C20H30N6O/c1-16-22-23-19(18-6-4-13-26(16)18)25-14-7-17(8-15-25)20(27)21-9-5-12-24-10-2-3-11-24/h4,6,13,17H,2-3,5,7-12,14-15H2,1H3,(H,21,27). The Bertz CT molecular complexity index is 774. The molecule has 2 fully saturated rings. The third kappa shape index (κ3) is 4.08. The maximum atomic E-state index is 12.5. The van der Waals surface area contributed by atoms with Crippen molar-refractivity contribution in [1.29, 1.82) is 0 Å². The van der Waals surface area contributed by atoms with Gasteiger partial charge in [0.2, 0.25) is 5.91 Å². The minimum atomic E-state index is 0.120. The quantitative estimate of drug-likeness (QED) is 0.786. The van der Waals surface area contributed by atoms with Gasteiger partial charge in [0.25, 0.3) is 0 Å². The van der Waals surface area contributed by atoms with Crippen molar-refractivity contribution in [3.05, 3.63) is 24.2 Å². The van der Waals surface area contributed by atoms with Gasteiger partial charge in [0, 0.05) is 31.7 Å². The van der Waals surface area contributed by atoms with Crippen molar-refractivity contribution in [1.82, 2.24) is 24.8 Å². The second kappa shape index (κ2) is 8.25. The van der Waals surface area contributed by atoms with E-state index in [0.717, 1.165) is 62.6 Å². The largest absolute Gasteiger partial charge is 0.356 e. The topological polar surface area (TPSA) is 65.8 Å². The third-order valence-corrected chi connectivity index (χ3v) is 5.93. The van der Waals surface area contributed by atoms with Gasteiger partial charge in [-0.1, -0.05) is 0 Å². The zero-order chi connectivity index (χ0) is 18.6. The summed E-state index contributed by atoms with van der Waals surface area (Å²) < 4.78 is 2.07. The first-order valence-corrected chi connectivity index (χ1v) is 10.3. The second-order valence-electron chi connectivity index (χ2n) is 7.79. The summed E-state index contributed by atoms with van der Waals surface area (Å²) in [6, 6.07) is 4.10. The number of likely N-dealkylation sites (tertiary alicyclic amines) is 1. The van der Waals surface area contributed by atoms with Gasteiger partial charge in [-0.05, 0) is 70.8 Å². The molecule has 4 heterocycles. The number of rotatable bonds is 6. The predicted octanol–water partition coefficient (Wildman–Crippen LogP) is 1.86. The van der Waals surface area contributed by atoms with E-state index in [1.807, 2.05) is 19.2 Å². The molecule has 0 unspecified atom stereocenters. The molecule has 0 saturated carbocycles. The van der Waals surface area contributed by atoms with Gasteiger partial charge in [0.15, 0.2) is 5.82 Å². The summed E-state index contributed by atoms with van der Waals surface area (Å²) in [6.07, 6.45) is 7.47. The molecule has 0 spiro atoms. The first-order valence-electron chi connectivity index (χ1n) is 10.3. The molecular formula is C20H30N6O. The number of nitrogens with zero attached hydrogens (tertiary/aromatic N) is 5. The van der Waals surface area contributed by atoms with E-state index in [2.05, 4.69) is 35.8 Å². The van der Waals surface area contributed by atoms with Gasteiger partial charge in [0.05, 0.1) is 5.52 Å². The molecule has 2 aromatic rings. The lowest BCUT2D eigenvalue weighted by Crippen LogP contribution is -2.41. The molecule has 0 aliphatic carbocycles. The zero-order valence-corrected chi connectivity index (χ0v) is 16.2. The number of carbonyl (C=O) groups excluding carboxylic acids is 1. The molecule has 2 saturated heterocycles. The fourth-order valence-corrected chi connectivity index (χ4v) is 4.31. The molecule has 27 heavy (non-hydrogen) atoms. The normalized spacial score (nSPS) is 19.1. The van der Waals surface area contributed by atoms with Crippen LogP contribution in [0.25, 0.3) is 5.52 Å². The van der Waals surface area contributed by atoms with Crippen molar-refractivity contribution >= 4 is 17.2 Å². The fraction of sp³-hybridized carbons (Fsp3) is 0.650. The molecule has 1 N–H and O–H groups in total. The second-order valence-corrected chi connectivity index (χ2v) is 7.79. The van der Waals surface area contributed by atoms with Crippen molar-refractivity contribution in [2.75, 3.05) is 44.2 Å². The molecule has 4 rings (SSSR count). The Kier molecular flexibility index (Phi) is 5.57. The summed E-state index contributed by atoms with van der Waals surface area (Å²) in [5.41, 5.74) is 1.09. The minimum absolute atomic E-state index is 0.120. The molecule has 7 nitrogen and oxygen atoms in total. The molecule has 1 amide bonds. The van der Waals surface area contributed by atoms with E-state index in [1.165, 1.54) is 25.9 Å². The number of fused-ring (bicyclic) bond motifs is 1. The van der Waals surface area contributed by atoms with Crippen LogP contribution in [-0.4, -0.2) is 64.7 Å². The van der Waals surface area contributed by atoms with Crippen LogP contribution in [0.2, 0.25) is 0 Å². The van der Waals surface area contributed by atoms with E-state index in [1.54, 1.807) is 0 Å². The first-order chi connectivity index (χ1) is 13.2. The SMILES string of the molecule is Cc1nnc(N2CCC(C(=O)NCCCN3CCCC3)CC2)c2cccn12. The van der Waals surface area contributed by atoms with Gasteiger partial charge in [-0.2, -0.15) is 0 Å². The average Bonchev–Trinajstić information content (AvgIpc) is 3.38. The summed E-state index contributed by atoms with van der Waals surface area (Å²) in [5.74, 6) is 2.16. The zero-order valence-electron chi connectivity index (χ0n) is 16.2. The maximum absolute atomic E-state index is 12.5. The van der Waals surface area contributed by atoms with Gasteiger partial charge >= 0.3 is 0 Å². The smallest absolute Gasteiger partial charge is 0.223 e. The van der Waals surface area contributed by atoms with Crippen LogP contribution < -0.4 is 10.2 Å². The van der Waals surface area contributed by atoms with Crippen LogP contribution in [0.1, 0.15) is 37.9 Å². The van der Waals surface area contributed by atoms with Crippen molar-refractivity contribution in [2.24, 2.45) is 5.92 Å². The molecule has 2 aliphatic heterocycles. The highest BCUT2D eigenvalue weighted by atomic mass is 16.1. The molecule has 2 aromatic heterocycles. The number of aromatic nitrogens is 3. The summed E-state index contributed by atoms with van der Waals surface area (Å²) in [6.45, 7) is 8.02. The van der Waals surface area contributed by atoms with E-state index in [9.17, 15) is 4.79 Å². The predicted molar refractivity (Wildman–Crippen MR) is 106 cm³/mol. The number of hydrogen-bond acceptors (Lipinski definition) is 5. The molecule has 0 bridgehead atoms. The number of carbonyl (C=O) groups is 1. The Labute approximate surface area is 160 Å². The highest BCUT2D eigenvalue weighted by Gasteiger charge is 2.26. The van der Waals surface area contributed by atoms with Crippen LogP contribution in [0, 0.1) is 12.8 Å². The summed E-state index contributed by atoms with van der Waals surface area (Å²) in [7, 11) is 0. The van der Waals surface area contributed by atoms with Crippen LogP contribution in [0.3, 0.4) is 0 Å². The fourth-order valence-electron chi connectivity index (χ4n) is 4.31. The minimum Gasteiger partial charge on any atom is -0.356 e. The van der Waals surface area contributed by atoms with Gasteiger partial charge < -0.3 is 19.5 Å². The number of piperidine rings is 1. The molecule has 0 radical (unpaired) electrons. The molecule has 0 atom stereocenters. The van der Waals surface area contributed by atoms with Crippen molar-refractivity contribution < 1.29 is 4.79 Å². The van der Waals surface area contributed by atoms with E-state index in [-0.39, 0.29) is 11.8 Å². The van der Waals surface area contributed by atoms with E-state index in [4.69, 9.17) is 0 Å². The summed E-state index contributed by atoms with van der Waals surface area (Å²) in [5, 5.41) is 11.8. The Hall–Kier alpha value is -2.15. The average molecular weight is 371 g/mol. The highest BCUT2D eigenvalue weighted by Crippen LogP contribution is 2.25. The van der Waals surface area contributed by atoms with Crippen molar-refractivity contribution in [3.8, 4) is 0 Å².